The lowest BCUT2D eigenvalue weighted by Gasteiger charge is -2.36. The second-order valence-corrected chi connectivity index (χ2v) is 11.8. The molecule has 0 atom stereocenters. The van der Waals surface area contributed by atoms with Crippen molar-refractivity contribution in [1.29, 1.82) is 0 Å². The zero-order chi connectivity index (χ0) is 30.6. The van der Waals surface area contributed by atoms with Crippen molar-refractivity contribution in [2.24, 2.45) is 0 Å². The molecule has 0 saturated carbocycles. The Hall–Kier alpha value is -4.82. The molecule has 1 aromatic heterocycles. The second-order valence-electron chi connectivity index (χ2n) is 11.8. The molecule has 5 aromatic rings. The fraction of sp³-hybridized carbons (Fsp3) is 0.270. The Labute approximate surface area is 262 Å². The van der Waals surface area contributed by atoms with Crippen molar-refractivity contribution in [3.05, 3.63) is 126 Å². The Morgan fingerprint density at radius 1 is 0.800 bits per heavy atom. The number of piperazine rings is 1. The van der Waals surface area contributed by atoms with Gasteiger partial charge in [-0.2, -0.15) is 0 Å². The van der Waals surface area contributed by atoms with E-state index in [1.807, 2.05) is 54.7 Å². The van der Waals surface area contributed by atoms with Crippen LogP contribution in [0.15, 0.2) is 103 Å². The number of hydrogen-bond acceptors (Lipinski definition) is 6. The summed E-state index contributed by atoms with van der Waals surface area (Å²) in [5.41, 5.74) is 6.02. The highest BCUT2D eigenvalue weighted by molar-refractivity contribution is 5.82. The molecule has 0 unspecified atom stereocenters. The van der Waals surface area contributed by atoms with Crippen molar-refractivity contribution in [1.82, 2.24) is 20.2 Å². The van der Waals surface area contributed by atoms with Gasteiger partial charge in [-0.05, 0) is 66.8 Å². The van der Waals surface area contributed by atoms with Gasteiger partial charge in [0.2, 0.25) is 0 Å². The fourth-order valence-corrected chi connectivity index (χ4v) is 6.70. The molecule has 0 bridgehead atoms. The Morgan fingerprint density at radius 2 is 1.44 bits per heavy atom. The zero-order valence-corrected chi connectivity index (χ0v) is 25.2. The van der Waals surface area contributed by atoms with E-state index in [4.69, 9.17) is 9.72 Å². The molecule has 0 spiro atoms. The van der Waals surface area contributed by atoms with E-state index in [1.54, 1.807) is 12.1 Å². The smallest absolute Gasteiger partial charge is 0.408 e. The second kappa shape index (κ2) is 12.7. The van der Waals surface area contributed by atoms with Crippen LogP contribution in [0.2, 0.25) is 0 Å². The third kappa shape index (κ3) is 5.98. The van der Waals surface area contributed by atoms with Crippen LogP contribution in [0, 0.1) is 5.82 Å². The van der Waals surface area contributed by atoms with Gasteiger partial charge in [-0.3, -0.25) is 9.88 Å². The summed E-state index contributed by atoms with van der Waals surface area (Å²) in [5, 5.41) is 2.90. The van der Waals surface area contributed by atoms with Crippen LogP contribution >= 0.6 is 0 Å². The third-order valence-electron chi connectivity index (χ3n) is 9.02. The van der Waals surface area contributed by atoms with Gasteiger partial charge in [-0.1, -0.05) is 72.8 Å². The maximum absolute atomic E-state index is 13.4. The van der Waals surface area contributed by atoms with E-state index >= 15 is 0 Å². The number of rotatable bonds is 9. The summed E-state index contributed by atoms with van der Waals surface area (Å²) in [6.07, 6.45) is 3.95. The molecule has 2 heterocycles. The number of hydrogen-bond donors (Lipinski definition) is 1. The molecule has 1 N–H and O–H groups in total. The molecular formula is C37H36FN5O2. The van der Waals surface area contributed by atoms with Gasteiger partial charge in [0, 0.05) is 43.9 Å². The van der Waals surface area contributed by atoms with Gasteiger partial charge in [-0.15, -0.1) is 0 Å². The molecule has 4 aromatic carbocycles. The summed E-state index contributed by atoms with van der Waals surface area (Å²) >= 11 is 0. The van der Waals surface area contributed by atoms with Crippen LogP contribution in [0.1, 0.15) is 36.0 Å². The molecule has 45 heavy (non-hydrogen) atoms. The molecule has 1 aliphatic heterocycles. The zero-order valence-electron chi connectivity index (χ0n) is 25.2. The van der Waals surface area contributed by atoms with Gasteiger partial charge < -0.3 is 15.0 Å². The highest BCUT2D eigenvalue weighted by atomic mass is 19.1. The number of nitrogens with one attached hydrogen (secondary N) is 1. The van der Waals surface area contributed by atoms with E-state index < -0.39 is 11.7 Å². The number of fused-ring (bicyclic) bond motifs is 4. The lowest BCUT2D eigenvalue weighted by atomic mass is 9.86. The van der Waals surface area contributed by atoms with E-state index in [0.717, 1.165) is 90.2 Å². The average Bonchev–Trinajstić information content (AvgIpc) is 3.36. The molecule has 1 aliphatic carbocycles. The molecular weight excluding hydrogens is 565 g/mol. The normalized spacial score (nSPS) is 15.4. The van der Waals surface area contributed by atoms with E-state index in [2.05, 4.69) is 44.4 Å². The number of anilines is 1. The van der Waals surface area contributed by atoms with Gasteiger partial charge in [0.15, 0.2) is 5.60 Å². The largest absolute Gasteiger partial charge is 0.433 e. The van der Waals surface area contributed by atoms with Crippen LogP contribution < -0.4 is 10.2 Å². The number of amides is 1. The maximum atomic E-state index is 13.4. The van der Waals surface area contributed by atoms with Crippen LogP contribution in [-0.4, -0.2) is 53.7 Å². The minimum atomic E-state index is -0.881. The first kappa shape index (κ1) is 28.9. The van der Waals surface area contributed by atoms with Gasteiger partial charge in [0.25, 0.3) is 0 Å². The quantitative estimate of drug-likeness (QED) is 0.185. The third-order valence-corrected chi connectivity index (χ3v) is 9.02. The summed E-state index contributed by atoms with van der Waals surface area (Å²) in [7, 11) is 0. The predicted molar refractivity (Wildman–Crippen MR) is 174 cm³/mol. The minimum Gasteiger partial charge on any atom is -0.433 e. The van der Waals surface area contributed by atoms with Gasteiger partial charge >= 0.3 is 6.09 Å². The minimum absolute atomic E-state index is 0.259. The molecule has 2 aliphatic rings. The number of benzene rings is 4. The average molecular weight is 602 g/mol. The topological polar surface area (TPSA) is 70.6 Å². The van der Waals surface area contributed by atoms with E-state index in [0.29, 0.717) is 6.42 Å². The number of para-hydroxylation sites is 2. The van der Waals surface area contributed by atoms with Crippen LogP contribution in [-0.2, 0) is 16.9 Å². The van der Waals surface area contributed by atoms with Crippen LogP contribution in [0.25, 0.3) is 22.2 Å². The highest BCUT2D eigenvalue weighted by Crippen LogP contribution is 2.52. The number of alkyl carbamates (subject to hydrolysis) is 1. The first-order valence-electron chi connectivity index (χ1n) is 15.7. The SMILES string of the molecule is O=C(NCc1ccc(F)cc1)OC1(CCCCN2CCN(c3cnc4ccccc4n3)CC2)c2ccccc2-c2ccccc21. The van der Waals surface area contributed by atoms with Gasteiger partial charge in [0.05, 0.1) is 17.2 Å². The number of halogens is 1. The van der Waals surface area contributed by atoms with Gasteiger partial charge in [-0.25, -0.2) is 14.2 Å². The highest BCUT2D eigenvalue weighted by Gasteiger charge is 2.46. The summed E-state index contributed by atoms with van der Waals surface area (Å²) in [6.45, 7) is 4.99. The molecule has 1 saturated heterocycles. The van der Waals surface area contributed by atoms with Crippen molar-refractivity contribution in [2.75, 3.05) is 37.6 Å². The van der Waals surface area contributed by atoms with E-state index in [-0.39, 0.29) is 12.4 Å². The van der Waals surface area contributed by atoms with Crippen LogP contribution in [0.4, 0.5) is 15.0 Å². The molecule has 228 valence electrons. The van der Waals surface area contributed by atoms with Crippen molar-refractivity contribution in [3.8, 4) is 11.1 Å². The number of aromatic nitrogens is 2. The Morgan fingerprint density at radius 3 is 2.16 bits per heavy atom. The Kier molecular flexibility index (Phi) is 8.13. The van der Waals surface area contributed by atoms with Gasteiger partial charge in [0.1, 0.15) is 11.6 Å². The summed E-state index contributed by atoms with van der Waals surface area (Å²) in [5.74, 6) is 0.629. The molecule has 7 nitrogen and oxygen atoms in total. The summed E-state index contributed by atoms with van der Waals surface area (Å²) in [4.78, 5) is 27.6. The fourth-order valence-electron chi connectivity index (χ4n) is 6.70. The standard InChI is InChI=1S/C37H36FN5O2/c38-28-17-15-27(16-18-28)25-40-36(44)45-37(31-11-3-1-9-29(31)30-10-2-4-12-32(30)37)19-7-8-20-42-21-23-43(24-22-42)35-26-39-33-13-5-6-14-34(33)41-35/h1-6,9-18,26H,7-8,19-25H2,(H,40,44). The lowest BCUT2D eigenvalue weighted by molar-refractivity contribution is 0.0325. The Bertz CT molecular complexity index is 1760. The monoisotopic (exact) mass is 601 g/mol. The molecule has 1 amide bonds. The van der Waals surface area contributed by atoms with Crippen molar-refractivity contribution < 1.29 is 13.9 Å². The summed E-state index contributed by atoms with van der Waals surface area (Å²) < 4.78 is 19.8. The number of ether oxygens (including phenoxy) is 1. The Balaban J connectivity index is 1.00. The maximum Gasteiger partial charge on any atom is 0.408 e. The number of carbonyl (C=O) groups is 1. The summed E-state index contributed by atoms with van der Waals surface area (Å²) in [6, 6.07) is 30.6. The van der Waals surface area contributed by atoms with Crippen molar-refractivity contribution in [2.45, 2.75) is 31.4 Å². The molecule has 8 heteroatoms. The first-order valence-corrected chi connectivity index (χ1v) is 15.7. The number of nitrogens with zero attached hydrogens (tertiary/aromatic N) is 4. The molecule has 1 fully saturated rings. The first-order chi connectivity index (χ1) is 22.1. The van der Waals surface area contributed by atoms with Crippen molar-refractivity contribution in [3.63, 3.8) is 0 Å². The molecule has 0 radical (unpaired) electrons. The van der Waals surface area contributed by atoms with Crippen LogP contribution in [0.3, 0.4) is 0 Å². The molecule has 7 rings (SSSR count). The van der Waals surface area contributed by atoms with E-state index in [1.165, 1.54) is 12.1 Å². The predicted octanol–water partition coefficient (Wildman–Crippen LogP) is 6.91. The van der Waals surface area contributed by atoms with Crippen LogP contribution in [0.5, 0.6) is 0 Å². The number of carbonyl (C=O) groups excluding carboxylic acids is 1. The van der Waals surface area contributed by atoms with Crippen molar-refractivity contribution >= 4 is 22.9 Å². The number of unbranched alkanes of at least 4 members (excludes halogenated alkanes) is 1. The van der Waals surface area contributed by atoms with E-state index in [9.17, 15) is 9.18 Å². The lowest BCUT2D eigenvalue weighted by Crippen LogP contribution is -2.47.